The first-order chi connectivity index (χ1) is 8.27. The maximum atomic E-state index is 13.3. The molecule has 1 amide bonds. The minimum absolute atomic E-state index is 0.173. The van der Waals surface area contributed by atoms with Crippen LogP contribution in [0.3, 0.4) is 0 Å². The van der Waals surface area contributed by atoms with Gasteiger partial charge in [-0.25, -0.2) is 0 Å². The van der Waals surface area contributed by atoms with Crippen molar-refractivity contribution in [3.63, 3.8) is 0 Å². The number of halogens is 1. The van der Waals surface area contributed by atoms with Crippen LogP contribution < -0.4 is 10.6 Å². The minimum atomic E-state index is -0.986. The van der Waals surface area contributed by atoms with E-state index in [9.17, 15) is 19.3 Å². The summed E-state index contributed by atoms with van der Waals surface area (Å²) in [6, 6.07) is 3.21. The zero-order valence-electron chi connectivity index (χ0n) is 10.3. The van der Waals surface area contributed by atoms with Gasteiger partial charge in [0.05, 0.1) is 10.5 Å². The first-order valence-electron chi connectivity index (χ1n) is 5.22. The average molecular weight is 255 g/mol. The SMILES string of the molecule is CNC(C)(C)C(=O)Nc1ccc([N+](=O)[O-])c(F)c1. The van der Waals surface area contributed by atoms with Crippen LogP contribution in [0.4, 0.5) is 15.8 Å². The first-order valence-corrected chi connectivity index (χ1v) is 5.22. The van der Waals surface area contributed by atoms with Gasteiger partial charge < -0.3 is 10.6 Å². The van der Waals surface area contributed by atoms with Gasteiger partial charge in [0, 0.05) is 17.8 Å². The fourth-order valence-corrected chi connectivity index (χ4v) is 1.13. The van der Waals surface area contributed by atoms with E-state index in [4.69, 9.17) is 0 Å². The second kappa shape index (κ2) is 5.09. The predicted octanol–water partition coefficient (Wildman–Crippen LogP) is 1.67. The van der Waals surface area contributed by atoms with Crippen molar-refractivity contribution in [1.29, 1.82) is 0 Å². The second-order valence-corrected chi connectivity index (χ2v) is 4.25. The predicted molar refractivity (Wildman–Crippen MR) is 64.8 cm³/mol. The van der Waals surface area contributed by atoms with Gasteiger partial charge in [0.1, 0.15) is 0 Å². The van der Waals surface area contributed by atoms with Crippen molar-refractivity contribution >= 4 is 17.3 Å². The lowest BCUT2D eigenvalue weighted by molar-refractivity contribution is -0.387. The van der Waals surface area contributed by atoms with Crippen molar-refractivity contribution in [2.24, 2.45) is 0 Å². The standard InChI is InChI=1S/C11H14FN3O3/c1-11(2,13-3)10(16)14-7-4-5-9(15(17)18)8(12)6-7/h4-6,13H,1-3H3,(H,14,16). The Labute approximate surface area is 103 Å². The van der Waals surface area contributed by atoms with Gasteiger partial charge in [0.2, 0.25) is 11.7 Å². The van der Waals surface area contributed by atoms with Crippen LogP contribution in [0.5, 0.6) is 0 Å². The van der Waals surface area contributed by atoms with Crippen molar-refractivity contribution in [2.45, 2.75) is 19.4 Å². The summed E-state index contributed by atoms with van der Waals surface area (Å²) in [5.41, 5.74) is -1.27. The lowest BCUT2D eigenvalue weighted by Crippen LogP contribution is -2.47. The van der Waals surface area contributed by atoms with E-state index >= 15 is 0 Å². The molecule has 0 unspecified atom stereocenters. The minimum Gasteiger partial charge on any atom is -0.324 e. The van der Waals surface area contributed by atoms with E-state index in [1.54, 1.807) is 20.9 Å². The lowest BCUT2D eigenvalue weighted by atomic mass is 10.1. The molecule has 1 aromatic rings. The number of likely N-dealkylation sites (N-methyl/N-ethyl adjacent to an activating group) is 1. The van der Waals surface area contributed by atoms with Crippen LogP contribution in [0.25, 0.3) is 0 Å². The summed E-state index contributed by atoms with van der Waals surface area (Å²) >= 11 is 0. The highest BCUT2D eigenvalue weighted by atomic mass is 19.1. The Morgan fingerprint density at radius 3 is 2.50 bits per heavy atom. The number of benzene rings is 1. The van der Waals surface area contributed by atoms with Crippen molar-refractivity contribution in [2.75, 3.05) is 12.4 Å². The van der Waals surface area contributed by atoms with E-state index in [2.05, 4.69) is 10.6 Å². The zero-order chi connectivity index (χ0) is 13.9. The zero-order valence-corrected chi connectivity index (χ0v) is 10.3. The van der Waals surface area contributed by atoms with Crippen LogP contribution in [0.15, 0.2) is 18.2 Å². The molecule has 1 rings (SSSR count). The second-order valence-electron chi connectivity index (χ2n) is 4.25. The molecule has 0 aliphatic rings. The number of nitrogens with one attached hydrogen (secondary N) is 2. The Balaban J connectivity index is 2.91. The third-order valence-electron chi connectivity index (χ3n) is 2.59. The van der Waals surface area contributed by atoms with Crippen LogP contribution in [0.1, 0.15) is 13.8 Å². The summed E-state index contributed by atoms with van der Waals surface area (Å²) in [5, 5.41) is 15.7. The van der Waals surface area contributed by atoms with Crippen molar-refractivity contribution in [1.82, 2.24) is 5.32 Å². The number of anilines is 1. The largest absolute Gasteiger partial charge is 0.324 e. The van der Waals surface area contributed by atoms with Gasteiger partial charge in [0.15, 0.2) is 0 Å². The molecule has 7 heteroatoms. The molecule has 0 fully saturated rings. The average Bonchev–Trinajstić information content (AvgIpc) is 2.28. The van der Waals surface area contributed by atoms with E-state index < -0.39 is 22.0 Å². The van der Waals surface area contributed by atoms with Crippen molar-refractivity contribution < 1.29 is 14.1 Å². The summed E-state index contributed by atoms with van der Waals surface area (Å²) in [5.74, 6) is -1.35. The number of hydrogen-bond acceptors (Lipinski definition) is 4. The number of rotatable bonds is 4. The number of nitro benzene ring substituents is 1. The molecule has 98 valence electrons. The van der Waals surface area contributed by atoms with Gasteiger partial charge in [0.25, 0.3) is 0 Å². The normalized spacial score (nSPS) is 11.1. The molecule has 18 heavy (non-hydrogen) atoms. The number of amides is 1. The molecule has 1 aromatic carbocycles. The summed E-state index contributed by atoms with van der Waals surface area (Å²) in [6.07, 6.45) is 0. The van der Waals surface area contributed by atoms with Crippen LogP contribution in [0, 0.1) is 15.9 Å². The lowest BCUT2D eigenvalue weighted by Gasteiger charge is -2.22. The smallest absolute Gasteiger partial charge is 0.304 e. The Hall–Kier alpha value is -2.02. The van der Waals surface area contributed by atoms with Crippen molar-refractivity contribution in [3.05, 3.63) is 34.1 Å². The molecule has 0 aromatic heterocycles. The highest BCUT2D eigenvalue weighted by Crippen LogP contribution is 2.21. The molecular formula is C11H14FN3O3. The summed E-state index contributed by atoms with van der Waals surface area (Å²) in [4.78, 5) is 21.4. The van der Waals surface area contributed by atoms with Gasteiger partial charge >= 0.3 is 5.69 Å². The van der Waals surface area contributed by atoms with Crippen LogP contribution in [-0.2, 0) is 4.79 Å². The Kier molecular flexibility index (Phi) is 3.97. The maximum Gasteiger partial charge on any atom is 0.304 e. The Bertz CT molecular complexity index is 488. The Morgan fingerprint density at radius 1 is 1.44 bits per heavy atom. The fraction of sp³-hybridized carbons (Fsp3) is 0.364. The fourth-order valence-electron chi connectivity index (χ4n) is 1.13. The molecule has 0 radical (unpaired) electrons. The van der Waals surface area contributed by atoms with Crippen LogP contribution in [-0.4, -0.2) is 23.4 Å². The van der Waals surface area contributed by atoms with Crippen LogP contribution >= 0.6 is 0 Å². The monoisotopic (exact) mass is 255 g/mol. The van der Waals surface area contributed by atoms with Gasteiger partial charge in [-0.1, -0.05) is 0 Å². The van der Waals surface area contributed by atoms with E-state index in [1.807, 2.05) is 0 Å². The van der Waals surface area contributed by atoms with E-state index in [1.165, 1.54) is 6.07 Å². The Morgan fingerprint density at radius 2 is 2.06 bits per heavy atom. The highest BCUT2D eigenvalue weighted by Gasteiger charge is 2.25. The van der Waals surface area contributed by atoms with Crippen LogP contribution in [0.2, 0.25) is 0 Å². The van der Waals surface area contributed by atoms with Gasteiger partial charge in [-0.15, -0.1) is 0 Å². The molecule has 0 heterocycles. The van der Waals surface area contributed by atoms with Gasteiger partial charge in [-0.2, -0.15) is 4.39 Å². The number of hydrogen-bond donors (Lipinski definition) is 2. The highest BCUT2D eigenvalue weighted by molar-refractivity contribution is 5.97. The third-order valence-corrected chi connectivity index (χ3v) is 2.59. The molecule has 0 bridgehead atoms. The molecule has 0 saturated carbocycles. The molecule has 0 aliphatic carbocycles. The summed E-state index contributed by atoms with van der Waals surface area (Å²) in [6.45, 7) is 3.31. The number of nitro groups is 1. The van der Waals surface area contributed by atoms with Crippen molar-refractivity contribution in [3.8, 4) is 0 Å². The quantitative estimate of drug-likeness (QED) is 0.633. The summed E-state index contributed by atoms with van der Waals surface area (Å²) in [7, 11) is 1.62. The molecule has 2 N–H and O–H groups in total. The van der Waals surface area contributed by atoms with Gasteiger partial charge in [-0.3, -0.25) is 14.9 Å². The third kappa shape index (κ3) is 3.01. The molecular weight excluding hydrogens is 241 g/mol. The first kappa shape index (κ1) is 14.0. The number of carbonyl (C=O) groups excluding carboxylic acids is 1. The number of carbonyl (C=O) groups is 1. The molecule has 6 nitrogen and oxygen atoms in total. The van der Waals surface area contributed by atoms with E-state index in [0.717, 1.165) is 12.1 Å². The van der Waals surface area contributed by atoms with Gasteiger partial charge in [-0.05, 0) is 27.0 Å². The maximum absolute atomic E-state index is 13.3. The molecule has 0 aliphatic heterocycles. The van der Waals surface area contributed by atoms with E-state index in [-0.39, 0.29) is 11.6 Å². The molecule has 0 spiro atoms. The number of nitrogens with zero attached hydrogens (tertiary/aromatic N) is 1. The topological polar surface area (TPSA) is 84.3 Å². The van der Waals surface area contributed by atoms with E-state index in [0.29, 0.717) is 0 Å². The summed E-state index contributed by atoms with van der Waals surface area (Å²) < 4.78 is 13.3. The molecule has 0 saturated heterocycles. The molecule has 0 atom stereocenters.